The first-order valence-electron chi connectivity index (χ1n) is 5.60. The smallest absolute Gasteiger partial charge is 0.0897 e. The molecule has 0 aromatic carbocycles. The first kappa shape index (κ1) is 13.9. The van der Waals surface area contributed by atoms with Crippen LogP contribution in [0.25, 0.3) is 0 Å². The van der Waals surface area contributed by atoms with Crippen molar-refractivity contribution in [1.82, 2.24) is 5.32 Å². The van der Waals surface area contributed by atoms with Crippen molar-refractivity contribution in [3.8, 4) is 0 Å². The number of nitrogens with one attached hydrogen (secondary N) is 1. The summed E-state index contributed by atoms with van der Waals surface area (Å²) in [6.07, 6.45) is 0.775. The molecule has 0 spiro atoms. The molecule has 14 heavy (non-hydrogen) atoms. The van der Waals surface area contributed by atoms with Crippen LogP contribution in [0.1, 0.15) is 34.1 Å². The molecule has 0 saturated carbocycles. The molecule has 0 bridgehead atoms. The van der Waals surface area contributed by atoms with Gasteiger partial charge in [-0.2, -0.15) is 0 Å². The Labute approximate surface area is 87.8 Å². The Balaban J connectivity index is 3.50. The maximum absolute atomic E-state index is 9.50. The van der Waals surface area contributed by atoms with Crippen molar-refractivity contribution in [2.24, 2.45) is 5.92 Å². The Morgan fingerprint density at radius 2 is 1.93 bits per heavy atom. The van der Waals surface area contributed by atoms with Gasteiger partial charge in [0.2, 0.25) is 0 Å². The molecule has 3 unspecified atom stereocenters. The van der Waals surface area contributed by atoms with E-state index in [1.54, 1.807) is 0 Å². The monoisotopic (exact) mass is 203 g/mol. The van der Waals surface area contributed by atoms with Crippen molar-refractivity contribution in [3.05, 3.63) is 0 Å². The molecule has 86 valence electrons. The lowest BCUT2D eigenvalue weighted by atomic mass is 10.0. The predicted octanol–water partition coefficient (Wildman–Crippen LogP) is 1.41. The van der Waals surface area contributed by atoms with E-state index in [2.05, 4.69) is 26.1 Å². The minimum absolute atomic E-state index is 0.388. The standard InChI is InChI=1S/C11H25NO2/c1-5-9(3)10(4)12-7-11(13)8-14-6-2/h9-13H,5-8H2,1-4H3. The van der Waals surface area contributed by atoms with Crippen LogP contribution in [0.3, 0.4) is 0 Å². The lowest BCUT2D eigenvalue weighted by Gasteiger charge is -2.21. The zero-order chi connectivity index (χ0) is 11.0. The van der Waals surface area contributed by atoms with Gasteiger partial charge in [0.1, 0.15) is 0 Å². The van der Waals surface area contributed by atoms with Gasteiger partial charge in [-0.05, 0) is 19.8 Å². The van der Waals surface area contributed by atoms with E-state index in [0.717, 1.165) is 6.42 Å². The topological polar surface area (TPSA) is 41.5 Å². The highest BCUT2D eigenvalue weighted by Gasteiger charge is 2.11. The van der Waals surface area contributed by atoms with Gasteiger partial charge in [-0.3, -0.25) is 0 Å². The molecule has 0 radical (unpaired) electrons. The number of hydrogen-bond donors (Lipinski definition) is 2. The van der Waals surface area contributed by atoms with E-state index in [9.17, 15) is 5.11 Å². The quantitative estimate of drug-likeness (QED) is 0.626. The van der Waals surface area contributed by atoms with Crippen molar-refractivity contribution in [3.63, 3.8) is 0 Å². The summed E-state index contributed by atoms with van der Waals surface area (Å²) in [5, 5.41) is 12.8. The van der Waals surface area contributed by atoms with Crippen LogP contribution in [0.2, 0.25) is 0 Å². The fourth-order valence-electron chi connectivity index (χ4n) is 1.19. The minimum atomic E-state index is -0.388. The Kier molecular flexibility index (Phi) is 8.14. The molecule has 0 amide bonds. The Hall–Kier alpha value is -0.120. The molecule has 0 aliphatic carbocycles. The van der Waals surface area contributed by atoms with Crippen LogP contribution in [0.4, 0.5) is 0 Å². The third kappa shape index (κ3) is 6.35. The number of ether oxygens (including phenoxy) is 1. The fraction of sp³-hybridized carbons (Fsp3) is 1.00. The van der Waals surface area contributed by atoms with E-state index < -0.39 is 0 Å². The van der Waals surface area contributed by atoms with Crippen molar-refractivity contribution in [1.29, 1.82) is 0 Å². The van der Waals surface area contributed by atoms with E-state index in [1.807, 2.05) is 6.92 Å². The molecule has 0 rings (SSSR count). The molecule has 3 nitrogen and oxygen atoms in total. The van der Waals surface area contributed by atoms with Crippen LogP contribution in [-0.2, 0) is 4.74 Å². The second kappa shape index (κ2) is 8.21. The second-order valence-electron chi connectivity index (χ2n) is 3.90. The highest BCUT2D eigenvalue weighted by atomic mass is 16.5. The summed E-state index contributed by atoms with van der Waals surface area (Å²) in [6.45, 7) is 10.2. The molecule has 3 heteroatoms. The van der Waals surface area contributed by atoms with E-state index in [4.69, 9.17) is 4.74 Å². The Morgan fingerprint density at radius 1 is 1.29 bits per heavy atom. The van der Waals surface area contributed by atoms with Crippen LogP contribution >= 0.6 is 0 Å². The summed E-state index contributed by atoms with van der Waals surface area (Å²) in [6, 6.07) is 0.455. The van der Waals surface area contributed by atoms with Crippen LogP contribution in [-0.4, -0.2) is 37.0 Å². The third-order valence-corrected chi connectivity index (χ3v) is 2.69. The lowest BCUT2D eigenvalue weighted by molar-refractivity contribution is 0.0407. The van der Waals surface area contributed by atoms with Crippen molar-refractivity contribution in [2.75, 3.05) is 19.8 Å². The molecular weight excluding hydrogens is 178 g/mol. The first-order chi connectivity index (χ1) is 6.61. The normalized spacial score (nSPS) is 17.8. The maximum Gasteiger partial charge on any atom is 0.0897 e. The molecule has 3 atom stereocenters. The summed E-state index contributed by atoms with van der Waals surface area (Å²) in [5.41, 5.74) is 0. The number of rotatable bonds is 8. The van der Waals surface area contributed by atoms with Gasteiger partial charge in [0.25, 0.3) is 0 Å². The summed E-state index contributed by atoms with van der Waals surface area (Å²) in [7, 11) is 0. The summed E-state index contributed by atoms with van der Waals surface area (Å²) in [4.78, 5) is 0. The van der Waals surface area contributed by atoms with Gasteiger partial charge in [0.05, 0.1) is 12.7 Å². The van der Waals surface area contributed by atoms with Crippen LogP contribution < -0.4 is 5.32 Å². The molecule has 0 fully saturated rings. The zero-order valence-electron chi connectivity index (χ0n) is 9.92. The third-order valence-electron chi connectivity index (χ3n) is 2.69. The summed E-state index contributed by atoms with van der Waals surface area (Å²) >= 11 is 0. The van der Waals surface area contributed by atoms with Crippen molar-refractivity contribution in [2.45, 2.75) is 46.3 Å². The highest BCUT2D eigenvalue weighted by molar-refractivity contribution is 4.69. The van der Waals surface area contributed by atoms with Gasteiger partial charge in [-0.15, -0.1) is 0 Å². The number of aliphatic hydroxyl groups is 1. The average Bonchev–Trinajstić information content (AvgIpc) is 2.21. The van der Waals surface area contributed by atoms with Gasteiger partial charge in [0.15, 0.2) is 0 Å². The molecule has 0 aromatic heterocycles. The van der Waals surface area contributed by atoms with E-state index in [1.165, 1.54) is 0 Å². The van der Waals surface area contributed by atoms with Gasteiger partial charge in [-0.1, -0.05) is 20.3 Å². The summed E-state index contributed by atoms with van der Waals surface area (Å²) in [5.74, 6) is 0.647. The van der Waals surface area contributed by atoms with Gasteiger partial charge < -0.3 is 15.2 Å². The number of hydrogen-bond acceptors (Lipinski definition) is 3. The summed E-state index contributed by atoms with van der Waals surface area (Å²) < 4.78 is 5.12. The fourth-order valence-corrected chi connectivity index (χ4v) is 1.19. The van der Waals surface area contributed by atoms with Crippen molar-refractivity contribution >= 4 is 0 Å². The lowest BCUT2D eigenvalue weighted by Crippen LogP contribution is -2.39. The second-order valence-corrected chi connectivity index (χ2v) is 3.90. The molecule has 0 aliphatic rings. The molecular formula is C11H25NO2. The van der Waals surface area contributed by atoms with Gasteiger partial charge >= 0.3 is 0 Å². The molecule has 0 saturated heterocycles. The van der Waals surface area contributed by atoms with Crippen LogP contribution in [0, 0.1) is 5.92 Å². The minimum Gasteiger partial charge on any atom is -0.389 e. The van der Waals surface area contributed by atoms with Crippen LogP contribution in [0.5, 0.6) is 0 Å². The SMILES string of the molecule is CCOCC(O)CNC(C)C(C)CC. The van der Waals surface area contributed by atoms with Crippen molar-refractivity contribution < 1.29 is 9.84 Å². The van der Waals surface area contributed by atoms with Crippen LogP contribution in [0.15, 0.2) is 0 Å². The van der Waals surface area contributed by atoms with E-state index >= 15 is 0 Å². The molecule has 2 N–H and O–H groups in total. The average molecular weight is 203 g/mol. The highest BCUT2D eigenvalue weighted by Crippen LogP contribution is 2.06. The van der Waals surface area contributed by atoms with Gasteiger partial charge in [-0.25, -0.2) is 0 Å². The maximum atomic E-state index is 9.50. The van der Waals surface area contributed by atoms with E-state index in [0.29, 0.717) is 31.7 Å². The number of aliphatic hydroxyl groups excluding tert-OH is 1. The first-order valence-corrected chi connectivity index (χ1v) is 5.60. The molecule has 0 heterocycles. The molecule has 0 aliphatic heterocycles. The Morgan fingerprint density at radius 3 is 2.43 bits per heavy atom. The van der Waals surface area contributed by atoms with Gasteiger partial charge in [0, 0.05) is 19.2 Å². The largest absolute Gasteiger partial charge is 0.389 e. The Bertz CT molecular complexity index is 130. The zero-order valence-corrected chi connectivity index (χ0v) is 9.92. The van der Waals surface area contributed by atoms with E-state index in [-0.39, 0.29) is 6.10 Å². The predicted molar refractivity (Wildman–Crippen MR) is 59.4 cm³/mol. The molecule has 0 aromatic rings.